The van der Waals surface area contributed by atoms with E-state index in [-0.39, 0.29) is 6.04 Å². The Morgan fingerprint density at radius 1 is 1.05 bits per heavy atom. The number of nitriles is 1. The quantitative estimate of drug-likeness (QED) is 0.682. The lowest BCUT2D eigenvalue weighted by atomic mass is 10.1. The average Bonchev–Trinajstić information content (AvgIpc) is 3.19. The number of nitrogens with zero attached hydrogens (tertiary/aromatic N) is 1. The monoisotopic (exact) mass is 330 g/mol. The van der Waals surface area contributed by atoms with Crippen molar-refractivity contribution in [2.24, 2.45) is 0 Å². The number of hydrogen-bond acceptors (Lipinski definition) is 4. The number of thiophene rings is 2. The first kappa shape index (κ1) is 14.2. The maximum Gasteiger partial charge on any atom is 0.0992 e. The molecular weight excluding hydrogens is 320 g/mol. The number of rotatable bonds is 4. The predicted molar refractivity (Wildman–Crippen MR) is 90.3 cm³/mol. The van der Waals surface area contributed by atoms with Crippen molar-refractivity contribution < 1.29 is 0 Å². The van der Waals surface area contributed by atoms with Crippen LogP contribution in [0, 0.1) is 11.3 Å². The molecule has 0 saturated heterocycles. The van der Waals surface area contributed by atoms with Gasteiger partial charge in [0.25, 0.3) is 0 Å². The summed E-state index contributed by atoms with van der Waals surface area (Å²) in [6, 6.07) is 15.8. The third-order valence-corrected chi connectivity index (χ3v) is 5.24. The van der Waals surface area contributed by atoms with E-state index in [4.69, 9.17) is 16.9 Å². The molecule has 0 fully saturated rings. The molecule has 1 N–H and O–H groups in total. The molecule has 0 unspecified atom stereocenters. The van der Waals surface area contributed by atoms with Crippen molar-refractivity contribution >= 4 is 40.0 Å². The molecular formula is C16H11ClN2S2. The fourth-order valence-corrected chi connectivity index (χ4v) is 3.95. The van der Waals surface area contributed by atoms with Gasteiger partial charge < -0.3 is 5.32 Å². The van der Waals surface area contributed by atoms with E-state index in [2.05, 4.69) is 34.3 Å². The molecule has 104 valence electrons. The van der Waals surface area contributed by atoms with Crippen LogP contribution in [0.2, 0.25) is 5.02 Å². The summed E-state index contributed by atoms with van der Waals surface area (Å²) in [4.78, 5) is 2.47. The third-order valence-electron chi connectivity index (χ3n) is 3.05. The number of hydrogen-bond donors (Lipinski definition) is 1. The van der Waals surface area contributed by atoms with Crippen molar-refractivity contribution in [1.82, 2.24) is 0 Å². The summed E-state index contributed by atoms with van der Waals surface area (Å²) in [6.45, 7) is 0. The lowest BCUT2D eigenvalue weighted by molar-refractivity contribution is 0.993. The van der Waals surface area contributed by atoms with Crippen LogP contribution in [-0.2, 0) is 0 Å². The van der Waals surface area contributed by atoms with E-state index in [1.807, 2.05) is 18.2 Å². The van der Waals surface area contributed by atoms with E-state index in [0.29, 0.717) is 10.6 Å². The normalized spacial score (nSPS) is 10.5. The van der Waals surface area contributed by atoms with Crippen LogP contribution in [0.3, 0.4) is 0 Å². The Morgan fingerprint density at radius 2 is 1.71 bits per heavy atom. The largest absolute Gasteiger partial charge is 0.372 e. The number of halogens is 1. The van der Waals surface area contributed by atoms with E-state index in [0.717, 1.165) is 5.69 Å². The maximum atomic E-state index is 8.91. The Labute approximate surface area is 136 Å². The highest BCUT2D eigenvalue weighted by molar-refractivity contribution is 7.11. The molecule has 2 heterocycles. The van der Waals surface area contributed by atoms with Crippen molar-refractivity contribution in [3.63, 3.8) is 0 Å². The van der Waals surface area contributed by atoms with Gasteiger partial charge in [0, 0.05) is 9.75 Å². The van der Waals surface area contributed by atoms with Crippen molar-refractivity contribution in [2.45, 2.75) is 6.04 Å². The van der Waals surface area contributed by atoms with Crippen LogP contribution in [0.1, 0.15) is 21.4 Å². The highest BCUT2D eigenvalue weighted by atomic mass is 35.5. The van der Waals surface area contributed by atoms with E-state index in [9.17, 15) is 0 Å². The van der Waals surface area contributed by atoms with Crippen molar-refractivity contribution in [1.29, 1.82) is 5.26 Å². The summed E-state index contributed by atoms with van der Waals surface area (Å²) < 4.78 is 0. The Balaban J connectivity index is 1.94. The molecule has 0 aliphatic heterocycles. The molecule has 2 nitrogen and oxygen atoms in total. The topological polar surface area (TPSA) is 35.8 Å². The maximum absolute atomic E-state index is 8.91. The number of nitrogens with one attached hydrogen (secondary N) is 1. The molecule has 0 spiro atoms. The average molecular weight is 331 g/mol. The van der Waals surface area contributed by atoms with Gasteiger partial charge in [-0.05, 0) is 41.1 Å². The lowest BCUT2D eigenvalue weighted by Crippen LogP contribution is -2.09. The zero-order valence-corrected chi connectivity index (χ0v) is 13.3. The van der Waals surface area contributed by atoms with Gasteiger partial charge in [-0.3, -0.25) is 0 Å². The summed E-state index contributed by atoms with van der Waals surface area (Å²) in [7, 11) is 0. The van der Waals surface area contributed by atoms with Crippen LogP contribution in [0.15, 0.2) is 53.2 Å². The van der Waals surface area contributed by atoms with E-state index in [1.165, 1.54) is 9.75 Å². The summed E-state index contributed by atoms with van der Waals surface area (Å²) in [5.74, 6) is 0. The number of benzene rings is 1. The minimum atomic E-state index is 0.0791. The van der Waals surface area contributed by atoms with Crippen LogP contribution in [0.5, 0.6) is 0 Å². The Hall–Kier alpha value is -1.80. The first-order valence-electron chi connectivity index (χ1n) is 6.31. The second-order valence-corrected chi connectivity index (χ2v) is 6.78. The predicted octanol–water partition coefficient (Wildman–Crippen LogP) is 5.54. The summed E-state index contributed by atoms with van der Waals surface area (Å²) >= 11 is 9.69. The van der Waals surface area contributed by atoms with E-state index < -0.39 is 0 Å². The Kier molecular flexibility index (Phi) is 4.26. The Bertz CT molecular complexity index is 724. The zero-order valence-electron chi connectivity index (χ0n) is 10.9. The molecule has 0 aliphatic carbocycles. The molecule has 3 aromatic rings. The van der Waals surface area contributed by atoms with Crippen LogP contribution in [0.4, 0.5) is 5.69 Å². The van der Waals surface area contributed by atoms with Crippen molar-refractivity contribution in [3.8, 4) is 6.07 Å². The highest BCUT2D eigenvalue weighted by Crippen LogP contribution is 2.34. The van der Waals surface area contributed by atoms with E-state index >= 15 is 0 Å². The molecule has 0 atom stereocenters. The highest BCUT2D eigenvalue weighted by Gasteiger charge is 2.17. The van der Waals surface area contributed by atoms with Gasteiger partial charge in [0.2, 0.25) is 0 Å². The fourth-order valence-electron chi connectivity index (χ4n) is 2.05. The van der Waals surface area contributed by atoms with Crippen LogP contribution >= 0.6 is 34.3 Å². The first-order chi connectivity index (χ1) is 10.3. The molecule has 0 aliphatic rings. The van der Waals surface area contributed by atoms with Gasteiger partial charge in [0.15, 0.2) is 0 Å². The van der Waals surface area contributed by atoms with Gasteiger partial charge in [-0.25, -0.2) is 0 Å². The molecule has 0 saturated carbocycles. The van der Waals surface area contributed by atoms with Gasteiger partial charge in [-0.2, -0.15) is 5.26 Å². The van der Waals surface area contributed by atoms with Crippen LogP contribution < -0.4 is 5.32 Å². The fraction of sp³-hybridized carbons (Fsp3) is 0.0625. The molecule has 0 amide bonds. The van der Waals surface area contributed by atoms with Gasteiger partial charge in [-0.1, -0.05) is 23.7 Å². The first-order valence-corrected chi connectivity index (χ1v) is 8.44. The molecule has 21 heavy (non-hydrogen) atoms. The minimum Gasteiger partial charge on any atom is -0.372 e. The summed E-state index contributed by atoms with van der Waals surface area (Å²) in [6.07, 6.45) is 0. The standard InChI is InChI=1S/C16H11ClN2S2/c17-12-9-11(10-18)5-6-13(12)19-16(14-3-1-7-20-14)15-4-2-8-21-15/h1-9,16,19H. The second kappa shape index (κ2) is 6.31. The van der Waals surface area contributed by atoms with Crippen LogP contribution in [0.25, 0.3) is 0 Å². The van der Waals surface area contributed by atoms with E-state index in [1.54, 1.807) is 34.8 Å². The zero-order chi connectivity index (χ0) is 14.7. The lowest BCUT2D eigenvalue weighted by Gasteiger charge is -2.18. The second-order valence-electron chi connectivity index (χ2n) is 4.41. The summed E-state index contributed by atoms with van der Waals surface area (Å²) in [5, 5.41) is 17.1. The van der Waals surface area contributed by atoms with Gasteiger partial charge in [0.1, 0.15) is 0 Å². The van der Waals surface area contributed by atoms with Crippen molar-refractivity contribution in [3.05, 3.63) is 73.6 Å². The molecule has 2 aromatic heterocycles. The number of anilines is 1. The summed E-state index contributed by atoms with van der Waals surface area (Å²) in [5.41, 5.74) is 1.40. The molecule has 3 rings (SSSR count). The van der Waals surface area contributed by atoms with Gasteiger partial charge in [-0.15, -0.1) is 22.7 Å². The molecule has 0 bridgehead atoms. The van der Waals surface area contributed by atoms with Crippen molar-refractivity contribution in [2.75, 3.05) is 5.32 Å². The smallest absolute Gasteiger partial charge is 0.0992 e. The molecule has 0 radical (unpaired) electrons. The van der Waals surface area contributed by atoms with Crippen LogP contribution in [-0.4, -0.2) is 0 Å². The molecule has 1 aromatic carbocycles. The SMILES string of the molecule is N#Cc1ccc(NC(c2cccs2)c2cccs2)c(Cl)c1. The third kappa shape index (κ3) is 3.11. The Morgan fingerprint density at radius 3 is 2.19 bits per heavy atom. The molecule has 5 heteroatoms. The van der Waals surface area contributed by atoms with Gasteiger partial charge >= 0.3 is 0 Å². The minimum absolute atomic E-state index is 0.0791. The van der Waals surface area contributed by atoms with Gasteiger partial charge in [0.05, 0.1) is 28.4 Å².